The van der Waals surface area contributed by atoms with Crippen LogP contribution in [0.4, 0.5) is 0 Å². The van der Waals surface area contributed by atoms with E-state index in [0.29, 0.717) is 6.42 Å². The number of amides is 1. The molecule has 0 radical (unpaired) electrons. The number of unbranched alkanes of at least 4 members (excludes halogenated alkanes) is 8. The number of nitrogens with one attached hydrogen (secondary N) is 1. The Kier molecular flexibility index (Phi) is 18.4. The van der Waals surface area contributed by atoms with Crippen LogP contribution >= 0.6 is 0 Å². The number of allylic oxidation sites excluding steroid dienone is 4. The van der Waals surface area contributed by atoms with Gasteiger partial charge in [0.25, 0.3) is 0 Å². The van der Waals surface area contributed by atoms with Crippen LogP contribution in [-0.4, -0.2) is 45.3 Å². The lowest BCUT2D eigenvalue weighted by Crippen LogP contribution is -2.42. The highest BCUT2D eigenvalue weighted by Crippen LogP contribution is 2.09. The lowest BCUT2D eigenvalue weighted by atomic mass is 10.1. The number of hydrogen-bond acceptors (Lipinski definition) is 4. The Bertz CT molecular complexity index is 556. The smallest absolute Gasteiger partial charge is 0.326 e. The maximum Gasteiger partial charge on any atom is 0.326 e. The molecule has 0 aliphatic carbocycles. The van der Waals surface area contributed by atoms with Crippen molar-refractivity contribution in [1.29, 1.82) is 0 Å². The van der Waals surface area contributed by atoms with E-state index in [0.717, 1.165) is 44.9 Å². The first-order valence-corrected chi connectivity index (χ1v) is 11.5. The highest BCUT2D eigenvalue weighted by atomic mass is 16.4. The molecule has 7 heteroatoms. The fourth-order valence-electron chi connectivity index (χ4n) is 3.08. The number of hydrogen-bond donors (Lipinski definition) is 4. The Hall–Kier alpha value is -2.15. The average Bonchev–Trinajstić information content (AvgIpc) is 2.69. The summed E-state index contributed by atoms with van der Waals surface area (Å²) in [6, 6.07) is -1.38. The van der Waals surface area contributed by atoms with Crippen LogP contribution in [0.2, 0.25) is 0 Å². The zero-order valence-electron chi connectivity index (χ0n) is 18.9. The van der Waals surface area contributed by atoms with Crippen LogP contribution in [0, 0.1) is 0 Å². The molecule has 0 rings (SSSR count). The molecule has 7 nitrogen and oxygen atoms in total. The summed E-state index contributed by atoms with van der Waals surface area (Å²) >= 11 is 0. The van der Waals surface area contributed by atoms with Gasteiger partial charge < -0.3 is 20.6 Å². The van der Waals surface area contributed by atoms with Crippen molar-refractivity contribution in [2.24, 2.45) is 0 Å². The standard InChI is InChI=1S/C24H41NO6/c1-20(26)17-15-13-11-9-7-5-3-2-4-6-8-10-12-14-16-18-22(27)25-21(24(30)31)19-23(28)29/h9-12,20-21,26H,2-8,13-19H2,1H3,(H,25,27)(H,28,29)(H,30,31). The summed E-state index contributed by atoms with van der Waals surface area (Å²) in [5.41, 5.74) is 0. The minimum atomic E-state index is -1.38. The minimum absolute atomic E-state index is 0.183. The largest absolute Gasteiger partial charge is 0.481 e. The molecule has 4 N–H and O–H groups in total. The van der Waals surface area contributed by atoms with Crippen LogP contribution in [0.3, 0.4) is 0 Å². The maximum absolute atomic E-state index is 11.7. The Balaban J connectivity index is 3.53. The summed E-state index contributed by atoms with van der Waals surface area (Å²) in [5, 5.41) is 29.0. The van der Waals surface area contributed by atoms with E-state index >= 15 is 0 Å². The van der Waals surface area contributed by atoms with Crippen molar-refractivity contribution in [3.63, 3.8) is 0 Å². The van der Waals surface area contributed by atoms with Gasteiger partial charge in [-0.05, 0) is 64.7 Å². The number of carboxylic acids is 2. The number of carbonyl (C=O) groups excluding carboxylic acids is 1. The molecule has 0 aromatic rings. The molecule has 2 atom stereocenters. The lowest BCUT2D eigenvalue weighted by molar-refractivity contribution is -0.147. The van der Waals surface area contributed by atoms with Gasteiger partial charge in [-0.3, -0.25) is 9.59 Å². The molecule has 0 aliphatic heterocycles. The Labute approximate surface area is 186 Å². The first kappa shape index (κ1) is 28.9. The molecule has 0 aromatic carbocycles. The average molecular weight is 440 g/mol. The molecule has 0 saturated carbocycles. The second-order valence-electron chi connectivity index (χ2n) is 8.02. The van der Waals surface area contributed by atoms with Gasteiger partial charge in [-0.25, -0.2) is 4.79 Å². The first-order chi connectivity index (χ1) is 14.8. The number of rotatable bonds is 20. The van der Waals surface area contributed by atoms with Gasteiger partial charge in [-0.1, -0.05) is 43.6 Å². The van der Waals surface area contributed by atoms with Gasteiger partial charge in [0, 0.05) is 6.42 Å². The second-order valence-corrected chi connectivity index (χ2v) is 8.02. The molecule has 0 heterocycles. The molecule has 0 aliphatic rings. The van der Waals surface area contributed by atoms with Crippen molar-refractivity contribution in [2.45, 2.75) is 109 Å². The van der Waals surface area contributed by atoms with Crippen molar-refractivity contribution < 1.29 is 29.7 Å². The second kappa shape index (κ2) is 19.8. The van der Waals surface area contributed by atoms with E-state index in [1.165, 1.54) is 25.7 Å². The molecule has 31 heavy (non-hydrogen) atoms. The molecule has 0 spiro atoms. The van der Waals surface area contributed by atoms with Gasteiger partial charge in [0.15, 0.2) is 0 Å². The molecule has 0 saturated heterocycles. The minimum Gasteiger partial charge on any atom is -0.481 e. The van der Waals surface area contributed by atoms with Gasteiger partial charge in [0.1, 0.15) is 6.04 Å². The van der Waals surface area contributed by atoms with Crippen molar-refractivity contribution in [2.75, 3.05) is 0 Å². The highest BCUT2D eigenvalue weighted by molar-refractivity contribution is 5.86. The number of carboxylic acid groups (broad SMARTS) is 2. The molecule has 1 amide bonds. The third-order valence-corrected chi connectivity index (χ3v) is 4.85. The van der Waals surface area contributed by atoms with Gasteiger partial charge in [0.2, 0.25) is 5.91 Å². The molecular weight excluding hydrogens is 398 g/mol. The number of aliphatic hydroxyl groups excluding tert-OH is 1. The number of carbonyl (C=O) groups is 3. The molecule has 0 bridgehead atoms. The van der Waals surface area contributed by atoms with Crippen molar-refractivity contribution >= 4 is 17.8 Å². The van der Waals surface area contributed by atoms with E-state index in [1.807, 2.05) is 13.0 Å². The monoisotopic (exact) mass is 439 g/mol. The zero-order chi connectivity index (χ0) is 23.3. The van der Waals surface area contributed by atoms with Crippen LogP contribution < -0.4 is 5.32 Å². The molecule has 0 fully saturated rings. The number of aliphatic hydroxyl groups is 1. The fraction of sp³-hybridized carbons (Fsp3) is 0.708. The van der Waals surface area contributed by atoms with Crippen molar-refractivity contribution in [3.8, 4) is 0 Å². The zero-order valence-corrected chi connectivity index (χ0v) is 18.9. The first-order valence-electron chi connectivity index (χ1n) is 11.5. The van der Waals surface area contributed by atoms with E-state index in [2.05, 4.69) is 23.5 Å². The fourth-order valence-corrected chi connectivity index (χ4v) is 3.08. The van der Waals surface area contributed by atoms with Crippen LogP contribution in [0.5, 0.6) is 0 Å². The summed E-state index contributed by atoms with van der Waals surface area (Å²) in [5.74, 6) is -3.03. The van der Waals surface area contributed by atoms with Crippen molar-refractivity contribution in [1.82, 2.24) is 5.32 Å². The van der Waals surface area contributed by atoms with Gasteiger partial charge in [-0.2, -0.15) is 0 Å². The summed E-state index contributed by atoms with van der Waals surface area (Å²) in [4.78, 5) is 33.2. The summed E-state index contributed by atoms with van der Waals surface area (Å²) in [7, 11) is 0. The van der Waals surface area contributed by atoms with Gasteiger partial charge in [-0.15, -0.1) is 0 Å². The third kappa shape index (κ3) is 20.9. The van der Waals surface area contributed by atoms with E-state index in [1.54, 1.807) is 0 Å². The van der Waals surface area contributed by atoms with Crippen LogP contribution in [-0.2, 0) is 14.4 Å². The van der Waals surface area contributed by atoms with Gasteiger partial charge >= 0.3 is 11.9 Å². The molecular formula is C24H41NO6. The van der Waals surface area contributed by atoms with Crippen LogP contribution in [0.25, 0.3) is 0 Å². The third-order valence-electron chi connectivity index (χ3n) is 4.85. The summed E-state index contributed by atoms with van der Waals surface area (Å²) < 4.78 is 0. The normalized spacial score (nSPS) is 13.5. The Morgan fingerprint density at radius 1 is 0.774 bits per heavy atom. The van der Waals surface area contributed by atoms with E-state index in [9.17, 15) is 19.5 Å². The summed E-state index contributed by atoms with van der Waals surface area (Å²) in [6.45, 7) is 1.83. The van der Waals surface area contributed by atoms with Crippen LogP contribution in [0.15, 0.2) is 24.3 Å². The SMILES string of the molecule is CC(O)CCCC=CCCCCCCCC=CCCCC(=O)NC(CC(=O)O)C(=O)O. The quantitative estimate of drug-likeness (QED) is 0.162. The molecule has 178 valence electrons. The number of aliphatic carboxylic acids is 2. The molecule has 0 aromatic heterocycles. The van der Waals surface area contributed by atoms with Gasteiger partial charge in [0.05, 0.1) is 12.5 Å². The predicted molar refractivity (Wildman–Crippen MR) is 122 cm³/mol. The van der Waals surface area contributed by atoms with E-state index in [4.69, 9.17) is 10.2 Å². The van der Waals surface area contributed by atoms with Crippen molar-refractivity contribution in [3.05, 3.63) is 24.3 Å². The predicted octanol–water partition coefficient (Wildman–Crippen LogP) is 4.60. The Morgan fingerprint density at radius 2 is 1.26 bits per heavy atom. The maximum atomic E-state index is 11.7. The highest BCUT2D eigenvalue weighted by Gasteiger charge is 2.22. The Morgan fingerprint density at radius 3 is 1.74 bits per heavy atom. The van der Waals surface area contributed by atoms with Crippen LogP contribution in [0.1, 0.15) is 96.8 Å². The summed E-state index contributed by atoms with van der Waals surface area (Å²) in [6.07, 6.45) is 20.6. The van der Waals surface area contributed by atoms with E-state index in [-0.39, 0.29) is 12.5 Å². The topological polar surface area (TPSA) is 124 Å². The molecule has 2 unspecified atom stereocenters. The lowest BCUT2D eigenvalue weighted by Gasteiger charge is -2.11. The van der Waals surface area contributed by atoms with E-state index < -0.39 is 30.3 Å².